The molecule has 0 spiro atoms. The molecule has 0 aliphatic carbocycles. The van der Waals surface area contributed by atoms with E-state index in [1.807, 2.05) is 16.8 Å². The first-order valence-corrected chi connectivity index (χ1v) is 11.4. The van der Waals surface area contributed by atoms with Crippen molar-refractivity contribution in [3.05, 3.63) is 65.5 Å². The second-order valence-electron chi connectivity index (χ2n) is 9.43. The molecule has 2 aromatic carbocycles. The Morgan fingerprint density at radius 3 is 2.24 bits per heavy atom. The maximum atomic E-state index is 5.60. The smallest absolute Gasteiger partial charge is 0.173 e. The third-order valence-electron chi connectivity index (χ3n) is 6.12. The predicted octanol–water partition coefficient (Wildman–Crippen LogP) is 3.35. The molecule has 1 aliphatic heterocycles. The fourth-order valence-corrected chi connectivity index (χ4v) is 4.41. The van der Waals surface area contributed by atoms with Gasteiger partial charge in [0.2, 0.25) is 0 Å². The van der Waals surface area contributed by atoms with Crippen LogP contribution < -0.4 is 9.47 Å². The average molecular weight is 451 g/mol. The third-order valence-corrected chi connectivity index (χ3v) is 6.12. The van der Waals surface area contributed by atoms with Crippen LogP contribution in [-0.4, -0.2) is 70.4 Å². The van der Waals surface area contributed by atoms with Crippen molar-refractivity contribution in [2.24, 2.45) is 0 Å². The number of hydrogen-bond acceptors (Lipinski definition) is 7. The molecule has 0 unspecified atom stereocenters. The number of hydrogen-bond donors (Lipinski definition) is 0. The Balaban J connectivity index is 1.63. The van der Waals surface area contributed by atoms with Gasteiger partial charge in [-0.2, -0.15) is 0 Å². The monoisotopic (exact) mass is 450 g/mol. The molecule has 1 saturated heterocycles. The van der Waals surface area contributed by atoms with Crippen LogP contribution in [0, 0.1) is 0 Å². The summed E-state index contributed by atoms with van der Waals surface area (Å²) in [5, 5.41) is 12.9. The van der Waals surface area contributed by atoms with Gasteiger partial charge in [0.15, 0.2) is 17.3 Å². The normalized spacial score (nSPS) is 16.5. The van der Waals surface area contributed by atoms with Gasteiger partial charge in [0.05, 0.1) is 25.8 Å². The zero-order valence-corrected chi connectivity index (χ0v) is 20.2. The molecular weight excluding hydrogens is 416 g/mol. The minimum atomic E-state index is -0.233. The number of aromatic nitrogens is 4. The third kappa shape index (κ3) is 5.17. The second kappa shape index (κ2) is 9.89. The van der Waals surface area contributed by atoms with E-state index in [9.17, 15) is 0 Å². The molecule has 1 fully saturated rings. The van der Waals surface area contributed by atoms with Crippen LogP contribution >= 0.6 is 0 Å². The lowest BCUT2D eigenvalue weighted by Crippen LogP contribution is -2.48. The van der Waals surface area contributed by atoms with Gasteiger partial charge in [-0.3, -0.25) is 9.80 Å². The summed E-state index contributed by atoms with van der Waals surface area (Å²) in [6.45, 7) is 11.1. The van der Waals surface area contributed by atoms with Gasteiger partial charge in [-0.15, -0.1) is 5.10 Å². The van der Waals surface area contributed by atoms with E-state index in [-0.39, 0.29) is 11.6 Å². The summed E-state index contributed by atoms with van der Waals surface area (Å²) in [4.78, 5) is 4.97. The molecule has 0 saturated carbocycles. The standard InChI is InChI=1S/C25H34N6O2/c1-25(2,3)31-24(26-27-28-31)23(20-11-12-21(32-4)22(17-20)33-5)30-15-13-29(14-16-30)18-19-9-7-6-8-10-19/h6-12,17,23H,13-16,18H2,1-5H3/t23-/m0/s1. The quantitative estimate of drug-likeness (QED) is 0.547. The van der Waals surface area contributed by atoms with E-state index < -0.39 is 0 Å². The summed E-state index contributed by atoms with van der Waals surface area (Å²) < 4.78 is 13.0. The highest BCUT2D eigenvalue weighted by atomic mass is 16.5. The molecule has 2 heterocycles. The molecule has 1 atom stereocenters. The summed E-state index contributed by atoms with van der Waals surface area (Å²) >= 11 is 0. The number of nitrogens with zero attached hydrogens (tertiary/aromatic N) is 6. The summed E-state index contributed by atoms with van der Waals surface area (Å²) in [5.41, 5.74) is 2.20. The van der Waals surface area contributed by atoms with Gasteiger partial charge >= 0.3 is 0 Å². The Morgan fingerprint density at radius 2 is 1.61 bits per heavy atom. The van der Waals surface area contributed by atoms with Crippen molar-refractivity contribution in [3.8, 4) is 11.5 Å². The highest BCUT2D eigenvalue weighted by Gasteiger charge is 2.33. The first-order valence-electron chi connectivity index (χ1n) is 11.4. The Kier molecular flexibility index (Phi) is 6.95. The minimum Gasteiger partial charge on any atom is -0.493 e. The summed E-state index contributed by atoms with van der Waals surface area (Å²) in [5.74, 6) is 2.26. The van der Waals surface area contributed by atoms with Crippen molar-refractivity contribution in [2.75, 3.05) is 40.4 Å². The van der Waals surface area contributed by atoms with Crippen LogP contribution in [0.4, 0.5) is 0 Å². The topological polar surface area (TPSA) is 68.5 Å². The number of tetrazole rings is 1. The molecule has 1 aromatic heterocycles. The fraction of sp³-hybridized carbons (Fsp3) is 0.480. The van der Waals surface area contributed by atoms with E-state index >= 15 is 0 Å². The Morgan fingerprint density at radius 1 is 0.909 bits per heavy atom. The minimum absolute atomic E-state index is 0.0853. The van der Waals surface area contributed by atoms with Gasteiger partial charge in [0.1, 0.15) is 0 Å². The number of piperazine rings is 1. The van der Waals surface area contributed by atoms with Gasteiger partial charge in [-0.05, 0) is 54.5 Å². The Hall–Kier alpha value is -2.97. The molecule has 33 heavy (non-hydrogen) atoms. The molecule has 3 aromatic rings. The van der Waals surface area contributed by atoms with Gasteiger partial charge in [0, 0.05) is 32.7 Å². The zero-order valence-electron chi connectivity index (χ0n) is 20.2. The van der Waals surface area contributed by atoms with E-state index in [1.54, 1.807) is 14.2 Å². The van der Waals surface area contributed by atoms with Gasteiger partial charge in [-0.1, -0.05) is 36.4 Å². The fourth-order valence-electron chi connectivity index (χ4n) is 4.41. The van der Waals surface area contributed by atoms with Gasteiger partial charge in [0.25, 0.3) is 0 Å². The lowest BCUT2D eigenvalue weighted by atomic mass is 10.0. The molecule has 1 aliphatic rings. The first-order chi connectivity index (χ1) is 15.9. The van der Waals surface area contributed by atoms with E-state index in [2.05, 4.69) is 82.5 Å². The first kappa shape index (κ1) is 23.2. The molecule has 4 rings (SSSR count). The van der Waals surface area contributed by atoms with Crippen LogP contribution in [0.5, 0.6) is 11.5 Å². The van der Waals surface area contributed by atoms with E-state index in [0.29, 0.717) is 11.5 Å². The van der Waals surface area contributed by atoms with Crippen molar-refractivity contribution in [1.82, 2.24) is 30.0 Å². The van der Waals surface area contributed by atoms with E-state index in [0.717, 1.165) is 44.1 Å². The van der Waals surface area contributed by atoms with Crippen molar-refractivity contribution < 1.29 is 9.47 Å². The lowest BCUT2D eigenvalue weighted by molar-refractivity contribution is 0.0978. The molecule has 8 nitrogen and oxygen atoms in total. The number of ether oxygens (including phenoxy) is 2. The largest absolute Gasteiger partial charge is 0.493 e. The molecular formula is C25H34N6O2. The number of benzene rings is 2. The van der Waals surface area contributed by atoms with Crippen LogP contribution in [0.3, 0.4) is 0 Å². The summed E-state index contributed by atoms with van der Waals surface area (Å²) in [6.07, 6.45) is 0. The van der Waals surface area contributed by atoms with Gasteiger partial charge in [-0.25, -0.2) is 4.68 Å². The summed E-state index contributed by atoms with van der Waals surface area (Å²) in [6, 6.07) is 16.7. The SMILES string of the molecule is COc1ccc([C@@H](c2nnnn2C(C)(C)C)N2CCN(Cc3ccccc3)CC2)cc1OC. The van der Waals surface area contributed by atoms with E-state index in [4.69, 9.17) is 9.47 Å². The molecule has 0 N–H and O–H groups in total. The summed E-state index contributed by atoms with van der Waals surface area (Å²) in [7, 11) is 3.32. The molecule has 0 bridgehead atoms. The van der Waals surface area contributed by atoms with Crippen molar-refractivity contribution in [2.45, 2.75) is 38.9 Å². The lowest BCUT2D eigenvalue weighted by Gasteiger charge is -2.39. The molecule has 176 valence electrons. The highest BCUT2D eigenvalue weighted by Crippen LogP contribution is 2.36. The van der Waals surface area contributed by atoms with Crippen LogP contribution in [0.2, 0.25) is 0 Å². The van der Waals surface area contributed by atoms with Crippen LogP contribution in [-0.2, 0) is 12.1 Å². The zero-order chi connectivity index (χ0) is 23.4. The average Bonchev–Trinajstić information content (AvgIpc) is 3.31. The maximum Gasteiger partial charge on any atom is 0.173 e. The molecule has 0 amide bonds. The van der Waals surface area contributed by atoms with Crippen molar-refractivity contribution >= 4 is 0 Å². The Labute approximate surface area is 196 Å². The second-order valence-corrected chi connectivity index (χ2v) is 9.43. The molecule has 8 heteroatoms. The van der Waals surface area contributed by atoms with Crippen LogP contribution in [0.15, 0.2) is 48.5 Å². The Bertz CT molecular complexity index is 1040. The number of rotatable bonds is 7. The molecule has 0 radical (unpaired) electrons. The van der Waals surface area contributed by atoms with Gasteiger partial charge < -0.3 is 9.47 Å². The van der Waals surface area contributed by atoms with E-state index in [1.165, 1.54) is 5.56 Å². The van der Waals surface area contributed by atoms with Crippen molar-refractivity contribution in [3.63, 3.8) is 0 Å². The predicted molar refractivity (Wildman–Crippen MR) is 127 cm³/mol. The number of methoxy groups -OCH3 is 2. The van der Waals surface area contributed by atoms with Crippen molar-refractivity contribution in [1.29, 1.82) is 0 Å². The maximum absolute atomic E-state index is 5.60. The van der Waals surface area contributed by atoms with Crippen LogP contribution in [0.1, 0.15) is 43.8 Å². The highest BCUT2D eigenvalue weighted by molar-refractivity contribution is 5.45. The van der Waals surface area contributed by atoms with Crippen LogP contribution in [0.25, 0.3) is 0 Å².